The summed E-state index contributed by atoms with van der Waals surface area (Å²) in [6, 6.07) is 8.41. The molecule has 0 aliphatic heterocycles. The average Bonchev–Trinajstić information content (AvgIpc) is 2.76. The molecule has 0 aliphatic rings. The smallest absolute Gasteiger partial charge is 0.165 e. The van der Waals surface area contributed by atoms with Crippen LogP contribution in [0.1, 0.15) is 11.3 Å². The van der Waals surface area contributed by atoms with Crippen molar-refractivity contribution >= 4 is 42.8 Å². The molecule has 0 aliphatic carbocycles. The molecule has 0 saturated heterocycles. The van der Waals surface area contributed by atoms with E-state index in [1.54, 1.807) is 22.8 Å². The minimum Gasteiger partial charge on any atom is -0.506 e. The lowest BCUT2D eigenvalue weighted by molar-refractivity contribution is 0.479. The van der Waals surface area contributed by atoms with Crippen molar-refractivity contribution in [2.24, 2.45) is 0 Å². The fourth-order valence-electron chi connectivity index (χ4n) is 2.32. The van der Waals surface area contributed by atoms with E-state index in [1.165, 1.54) is 12.3 Å². The summed E-state index contributed by atoms with van der Waals surface area (Å²) in [5, 5.41) is 19.7. The Bertz CT molecular complexity index is 931. The van der Waals surface area contributed by atoms with Gasteiger partial charge < -0.3 is 9.67 Å². The third kappa shape index (κ3) is 2.28. The van der Waals surface area contributed by atoms with Gasteiger partial charge >= 0.3 is 0 Å². The van der Waals surface area contributed by atoms with Crippen LogP contribution < -0.4 is 0 Å². The lowest BCUT2D eigenvalue weighted by Gasteiger charge is -2.09. The average molecular weight is 425 g/mol. The summed E-state index contributed by atoms with van der Waals surface area (Å²) in [5.74, 6) is -0.382. The Kier molecular flexibility index (Phi) is 3.89. The van der Waals surface area contributed by atoms with Crippen LogP contribution >= 0.6 is 31.9 Å². The molecule has 0 fully saturated rings. The van der Waals surface area contributed by atoms with E-state index in [0.717, 1.165) is 0 Å². The van der Waals surface area contributed by atoms with Gasteiger partial charge in [0.1, 0.15) is 22.2 Å². The number of aromatic hydroxyl groups is 1. The normalized spacial score (nSPS) is 10.8. The van der Waals surface area contributed by atoms with Crippen LogP contribution in [0.5, 0.6) is 5.75 Å². The number of hydrogen-bond donors (Lipinski definition) is 1. The summed E-state index contributed by atoms with van der Waals surface area (Å²) in [5.41, 5.74) is 1.08. The minimum absolute atomic E-state index is 0.0474. The van der Waals surface area contributed by atoms with Gasteiger partial charge in [0.2, 0.25) is 0 Å². The zero-order valence-corrected chi connectivity index (χ0v) is 14.2. The van der Waals surface area contributed by atoms with Crippen LogP contribution in [0.3, 0.4) is 0 Å². The van der Waals surface area contributed by atoms with Gasteiger partial charge in [-0.25, -0.2) is 9.37 Å². The maximum atomic E-state index is 13.9. The van der Waals surface area contributed by atoms with Crippen LogP contribution in [0.15, 0.2) is 39.5 Å². The monoisotopic (exact) mass is 423 g/mol. The first-order chi connectivity index (χ1) is 10.5. The third-order valence-corrected chi connectivity index (χ3v) is 5.46. The maximum absolute atomic E-state index is 13.9. The molecule has 0 bridgehead atoms. The minimum atomic E-state index is -0.334. The molecule has 2 heterocycles. The van der Waals surface area contributed by atoms with Gasteiger partial charge in [-0.15, -0.1) is 0 Å². The Hall–Kier alpha value is -1.91. The number of pyridine rings is 1. The van der Waals surface area contributed by atoms with Crippen LogP contribution in [0.2, 0.25) is 0 Å². The van der Waals surface area contributed by atoms with Crippen LogP contribution in [-0.2, 0) is 6.54 Å². The molecular weight excluding hydrogens is 417 g/mol. The summed E-state index contributed by atoms with van der Waals surface area (Å²) in [6.45, 7) is 0.204. The molecule has 0 radical (unpaired) electrons. The number of halogens is 3. The summed E-state index contributed by atoms with van der Waals surface area (Å²) < 4.78 is 16.8. The van der Waals surface area contributed by atoms with Crippen LogP contribution in [0, 0.1) is 17.1 Å². The zero-order chi connectivity index (χ0) is 15.9. The van der Waals surface area contributed by atoms with Gasteiger partial charge in [0.15, 0.2) is 5.69 Å². The number of nitrogens with zero attached hydrogens (tertiary/aromatic N) is 3. The number of benzene rings is 1. The van der Waals surface area contributed by atoms with Crippen molar-refractivity contribution in [3.8, 4) is 11.8 Å². The molecule has 2 aromatic heterocycles. The van der Waals surface area contributed by atoms with Gasteiger partial charge in [-0.2, -0.15) is 5.26 Å². The molecule has 4 nitrogen and oxygen atoms in total. The van der Waals surface area contributed by atoms with Crippen molar-refractivity contribution in [2.75, 3.05) is 0 Å². The molecule has 3 aromatic rings. The first-order valence-electron chi connectivity index (χ1n) is 6.23. The van der Waals surface area contributed by atoms with Crippen molar-refractivity contribution < 1.29 is 9.50 Å². The van der Waals surface area contributed by atoms with Gasteiger partial charge in [-0.3, -0.25) is 0 Å². The quantitative estimate of drug-likeness (QED) is 0.666. The van der Waals surface area contributed by atoms with Crippen molar-refractivity contribution in [1.82, 2.24) is 9.55 Å². The second-order valence-electron chi connectivity index (χ2n) is 4.61. The SMILES string of the molecule is N#Cc1ncc(O)c2c(Br)c(Br)n(Cc3ccccc3F)c12. The first kappa shape index (κ1) is 15.0. The molecule has 0 amide bonds. The lowest BCUT2D eigenvalue weighted by Crippen LogP contribution is -2.03. The van der Waals surface area contributed by atoms with E-state index >= 15 is 0 Å². The van der Waals surface area contributed by atoms with Gasteiger partial charge in [0.05, 0.1) is 28.1 Å². The number of fused-ring (bicyclic) bond motifs is 1. The summed E-state index contributed by atoms with van der Waals surface area (Å²) in [6.07, 6.45) is 1.23. The largest absolute Gasteiger partial charge is 0.506 e. The van der Waals surface area contributed by atoms with Crippen LogP contribution in [0.25, 0.3) is 10.9 Å². The van der Waals surface area contributed by atoms with E-state index in [0.29, 0.717) is 25.5 Å². The molecule has 7 heteroatoms. The number of nitriles is 1. The highest BCUT2D eigenvalue weighted by Gasteiger charge is 2.21. The van der Waals surface area contributed by atoms with Crippen molar-refractivity contribution in [3.05, 3.63) is 56.6 Å². The van der Waals surface area contributed by atoms with Crippen molar-refractivity contribution in [2.45, 2.75) is 6.54 Å². The van der Waals surface area contributed by atoms with E-state index in [-0.39, 0.29) is 23.8 Å². The molecule has 0 spiro atoms. The predicted octanol–water partition coefficient (Wildman–Crippen LogP) is 4.33. The summed E-state index contributed by atoms with van der Waals surface area (Å²) >= 11 is 6.81. The van der Waals surface area contributed by atoms with E-state index in [1.807, 2.05) is 6.07 Å². The second-order valence-corrected chi connectivity index (χ2v) is 6.15. The highest BCUT2D eigenvalue weighted by molar-refractivity contribution is 9.13. The molecule has 3 rings (SSSR count). The fraction of sp³-hybridized carbons (Fsp3) is 0.0667. The zero-order valence-electron chi connectivity index (χ0n) is 11.0. The second kappa shape index (κ2) is 5.71. The van der Waals surface area contributed by atoms with Gasteiger partial charge in [-0.05, 0) is 37.9 Å². The van der Waals surface area contributed by atoms with Crippen molar-refractivity contribution in [3.63, 3.8) is 0 Å². The molecule has 0 unspecified atom stereocenters. The first-order valence-corrected chi connectivity index (χ1v) is 7.81. The summed E-state index contributed by atoms with van der Waals surface area (Å²) in [7, 11) is 0. The Morgan fingerprint density at radius 1 is 1.32 bits per heavy atom. The highest BCUT2D eigenvalue weighted by Crippen LogP contribution is 2.40. The van der Waals surface area contributed by atoms with Gasteiger partial charge in [-0.1, -0.05) is 18.2 Å². The Balaban J connectivity index is 2.31. The van der Waals surface area contributed by atoms with E-state index < -0.39 is 0 Å². The molecule has 1 N–H and O–H groups in total. The van der Waals surface area contributed by atoms with E-state index in [4.69, 9.17) is 0 Å². The number of rotatable bonds is 2. The highest BCUT2D eigenvalue weighted by atomic mass is 79.9. The molecule has 1 aromatic carbocycles. The van der Waals surface area contributed by atoms with E-state index in [2.05, 4.69) is 36.8 Å². The summed E-state index contributed by atoms with van der Waals surface area (Å²) in [4.78, 5) is 3.94. The van der Waals surface area contributed by atoms with Crippen molar-refractivity contribution in [1.29, 1.82) is 5.26 Å². The Labute approximate surface area is 142 Å². The molecule has 110 valence electrons. The van der Waals surface area contributed by atoms with Crippen LogP contribution in [-0.4, -0.2) is 14.7 Å². The Morgan fingerprint density at radius 2 is 2.05 bits per heavy atom. The van der Waals surface area contributed by atoms with Gasteiger partial charge in [0.25, 0.3) is 0 Å². The predicted molar refractivity (Wildman–Crippen MR) is 87.0 cm³/mol. The maximum Gasteiger partial charge on any atom is 0.165 e. The topological polar surface area (TPSA) is 61.8 Å². The van der Waals surface area contributed by atoms with Crippen LogP contribution in [0.4, 0.5) is 4.39 Å². The fourth-order valence-corrected chi connectivity index (χ4v) is 3.42. The molecule has 0 atom stereocenters. The number of hydrogen-bond acceptors (Lipinski definition) is 3. The van der Waals surface area contributed by atoms with Gasteiger partial charge in [0, 0.05) is 5.56 Å². The molecule has 0 saturated carbocycles. The van der Waals surface area contributed by atoms with E-state index in [9.17, 15) is 14.8 Å². The molecular formula is C15H8Br2FN3O. The Morgan fingerprint density at radius 3 is 2.73 bits per heavy atom. The number of aromatic nitrogens is 2. The third-order valence-electron chi connectivity index (χ3n) is 3.33. The molecule has 22 heavy (non-hydrogen) atoms. The lowest BCUT2D eigenvalue weighted by atomic mass is 10.2. The standard InChI is InChI=1S/C15H8Br2FN3O/c16-13-12-11(22)6-20-10(5-19)14(12)21(15(13)17)7-8-3-1-2-4-9(8)18/h1-4,6,22H,7H2.